The predicted octanol–water partition coefficient (Wildman–Crippen LogP) is 1.91. The van der Waals surface area contributed by atoms with Crippen LogP contribution < -0.4 is 5.43 Å². The van der Waals surface area contributed by atoms with Crippen LogP contribution in [0.15, 0.2) is 53.9 Å². The maximum Gasteiger partial charge on any atom is 0.0951 e. The van der Waals surface area contributed by atoms with Crippen molar-refractivity contribution in [3.8, 4) is 11.3 Å². The van der Waals surface area contributed by atoms with Crippen molar-refractivity contribution < 1.29 is 0 Å². The van der Waals surface area contributed by atoms with E-state index in [9.17, 15) is 0 Å². The minimum absolute atomic E-state index is 0.874. The third kappa shape index (κ3) is 1.40. The summed E-state index contributed by atoms with van der Waals surface area (Å²) < 4.78 is 0. The summed E-state index contributed by atoms with van der Waals surface area (Å²) >= 11 is 0. The molecule has 1 N–H and O–H groups in total. The number of hydrogen-bond donors (Lipinski definition) is 1. The van der Waals surface area contributed by atoms with Crippen molar-refractivity contribution >= 4 is 5.71 Å². The summed E-state index contributed by atoms with van der Waals surface area (Å²) in [6.45, 7) is 0. The Morgan fingerprint density at radius 3 is 2.56 bits per heavy atom. The van der Waals surface area contributed by atoms with Gasteiger partial charge in [-0.05, 0) is 12.1 Å². The van der Waals surface area contributed by atoms with Crippen molar-refractivity contribution in [1.29, 1.82) is 0 Å². The van der Waals surface area contributed by atoms with Crippen LogP contribution in [-0.4, -0.2) is 15.9 Å². The van der Waals surface area contributed by atoms with Crippen molar-refractivity contribution in [3.63, 3.8) is 0 Å². The van der Waals surface area contributed by atoms with E-state index in [0.717, 1.165) is 22.5 Å². The van der Waals surface area contributed by atoms with Crippen LogP contribution in [0.1, 0.15) is 5.56 Å². The summed E-state index contributed by atoms with van der Waals surface area (Å²) in [4.78, 5) is 0. The molecule has 0 saturated heterocycles. The summed E-state index contributed by atoms with van der Waals surface area (Å²) in [7, 11) is 0. The van der Waals surface area contributed by atoms with Crippen molar-refractivity contribution in [1.82, 2.24) is 15.6 Å². The van der Waals surface area contributed by atoms with Gasteiger partial charge in [0.2, 0.25) is 0 Å². The first-order chi connectivity index (χ1) is 7.95. The molecule has 1 aromatic heterocycles. The molecule has 0 amide bonds. The fraction of sp³-hybridized carbons (Fsp3) is 0. The zero-order chi connectivity index (χ0) is 10.8. The van der Waals surface area contributed by atoms with Crippen LogP contribution >= 0.6 is 0 Å². The molecule has 4 heteroatoms. The second-order valence-corrected chi connectivity index (χ2v) is 3.42. The molecule has 2 aromatic rings. The smallest absolute Gasteiger partial charge is 0.0951 e. The van der Waals surface area contributed by atoms with Gasteiger partial charge in [-0.2, -0.15) is 15.6 Å². The van der Waals surface area contributed by atoms with E-state index >= 15 is 0 Å². The molecule has 1 aliphatic rings. The van der Waals surface area contributed by atoms with Gasteiger partial charge in [-0.3, -0.25) is 5.10 Å². The van der Waals surface area contributed by atoms with E-state index in [4.69, 9.17) is 0 Å². The molecule has 0 saturated carbocycles. The Morgan fingerprint density at radius 2 is 1.88 bits per heavy atom. The lowest BCUT2D eigenvalue weighted by Gasteiger charge is -2.04. The van der Waals surface area contributed by atoms with E-state index < -0.39 is 0 Å². The van der Waals surface area contributed by atoms with E-state index in [1.165, 1.54) is 0 Å². The van der Waals surface area contributed by atoms with E-state index in [1.54, 1.807) is 6.20 Å². The van der Waals surface area contributed by atoms with Crippen molar-refractivity contribution in [2.45, 2.75) is 0 Å². The Morgan fingerprint density at radius 1 is 1.00 bits per heavy atom. The van der Waals surface area contributed by atoms with Crippen molar-refractivity contribution in [2.75, 3.05) is 0 Å². The Hall–Kier alpha value is -2.36. The van der Waals surface area contributed by atoms with E-state index in [-0.39, 0.29) is 0 Å². The van der Waals surface area contributed by atoms with Crippen LogP contribution in [0.4, 0.5) is 0 Å². The van der Waals surface area contributed by atoms with E-state index in [1.807, 2.05) is 42.6 Å². The van der Waals surface area contributed by atoms with Gasteiger partial charge in [-0.25, -0.2) is 0 Å². The molecule has 0 fully saturated rings. The number of nitrogens with one attached hydrogen (secondary N) is 1. The maximum absolute atomic E-state index is 4.18. The van der Waals surface area contributed by atoms with E-state index in [0.29, 0.717) is 0 Å². The Balaban J connectivity index is 2.15. The minimum Gasteiger partial charge on any atom is -0.285 e. The first-order valence-corrected chi connectivity index (χ1v) is 4.99. The summed E-state index contributed by atoms with van der Waals surface area (Å²) in [5.74, 6) is 0. The second kappa shape index (κ2) is 3.66. The molecule has 1 aromatic carbocycles. The van der Waals surface area contributed by atoms with Gasteiger partial charge in [-0.15, -0.1) is 0 Å². The summed E-state index contributed by atoms with van der Waals surface area (Å²) in [6, 6.07) is 9.97. The Kier molecular flexibility index (Phi) is 2.04. The lowest BCUT2D eigenvalue weighted by atomic mass is 10.0. The van der Waals surface area contributed by atoms with E-state index in [2.05, 4.69) is 20.7 Å². The SMILES string of the molecule is C1=CC(c2ccccc2-c2cc[nH]n2)=N[N]1. The zero-order valence-corrected chi connectivity index (χ0v) is 8.46. The predicted molar refractivity (Wildman–Crippen MR) is 61.8 cm³/mol. The highest BCUT2D eigenvalue weighted by molar-refractivity contribution is 6.13. The largest absolute Gasteiger partial charge is 0.285 e. The van der Waals surface area contributed by atoms with Gasteiger partial charge >= 0.3 is 0 Å². The maximum atomic E-state index is 4.18. The average Bonchev–Trinajstić information content (AvgIpc) is 3.03. The molecule has 3 rings (SSSR count). The quantitative estimate of drug-likeness (QED) is 0.807. The summed E-state index contributed by atoms with van der Waals surface area (Å²) in [5.41, 5.74) is 7.74. The molecule has 1 aliphatic heterocycles. The second-order valence-electron chi connectivity index (χ2n) is 3.42. The van der Waals surface area contributed by atoms with Crippen LogP contribution in [0.5, 0.6) is 0 Å². The lowest BCUT2D eigenvalue weighted by molar-refractivity contribution is 0.972. The molecule has 77 valence electrons. The third-order valence-corrected chi connectivity index (χ3v) is 2.44. The highest BCUT2D eigenvalue weighted by atomic mass is 15.3. The molecule has 0 aliphatic carbocycles. The fourth-order valence-electron chi connectivity index (χ4n) is 1.72. The first-order valence-electron chi connectivity index (χ1n) is 4.99. The monoisotopic (exact) mass is 209 g/mol. The number of rotatable bonds is 2. The number of hydrogen-bond acceptors (Lipinski definition) is 2. The molecule has 0 atom stereocenters. The molecule has 0 spiro atoms. The molecular formula is C12H9N4. The molecule has 4 nitrogen and oxygen atoms in total. The number of benzene rings is 1. The molecular weight excluding hydrogens is 200 g/mol. The van der Waals surface area contributed by atoms with Crippen LogP contribution in [0.2, 0.25) is 0 Å². The van der Waals surface area contributed by atoms with Crippen LogP contribution in [-0.2, 0) is 0 Å². The van der Waals surface area contributed by atoms with Gasteiger partial charge in [0.1, 0.15) is 0 Å². The Labute approximate surface area is 92.7 Å². The number of H-pyrrole nitrogens is 1. The molecule has 1 radical (unpaired) electrons. The van der Waals surface area contributed by atoms with Crippen molar-refractivity contribution in [3.05, 3.63) is 54.4 Å². The molecule has 2 heterocycles. The van der Waals surface area contributed by atoms with Crippen LogP contribution in [0.3, 0.4) is 0 Å². The fourth-order valence-corrected chi connectivity index (χ4v) is 1.72. The summed E-state index contributed by atoms with van der Waals surface area (Å²) in [6.07, 6.45) is 5.39. The van der Waals surface area contributed by atoms with Gasteiger partial charge in [0.05, 0.1) is 17.6 Å². The van der Waals surface area contributed by atoms with Gasteiger partial charge < -0.3 is 0 Å². The third-order valence-electron chi connectivity index (χ3n) is 2.44. The topological polar surface area (TPSA) is 55.1 Å². The number of allylic oxidation sites excluding steroid dienone is 1. The molecule has 16 heavy (non-hydrogen) atoms. The van der Waals surface area contributed by atoms with Gasteiger partial charge in [0, 0.05) is 17.3 Å². The summed E-state index contributed by atoms with van der Waals surface area (Å²) in [5, 5.41) is 11.1. The molecule has 0 unspecified atom stereocenters. The average molecular weight is 209 g/mol. The normalized spacial score (nSPS) is 13.6. The Bertz CT molecular complexity index is 552. The van der Waals surface area contributed by atoms with Crippen LogP contribution in [0.25, 0.3) is 11.3 Å². The standard InChI is InChI=1S/C12H9N4/c1-2-4-10(12-6-8-14-16-12)9(3-1)11-5-7-13-15-11/h1-8H,(H,13,15). The van der Waals surface area contributed by atoms with Crippen molar-refractivity contribution in [2.24, 2.45) is 5.10 Å². The highest BCUT2D eigenvalue weighted by Crippen LogP contribution is 2.22. The first kappa shape index (κ1) is 8.91. The number of aromatic amines is 1. The number of aromatic nitrogens is 2. The highest BCUT2D eigenvalue weighted by Gasteiger charge is 2.12. The minimum atomic E-state index is 0.874. The van der Waals surface area contributed by atoms with Gasteiger partial charge in [0.15, 0.2) is 0 Å². The molecule has 0 bridgehead atoms. The zero-order valence-electron chi connectivity index (χ0n) is 8.46. The van der Waals surface area contributed by atoms with Gasteiger partial charge in [0.25, 0.3) is 0 Å². The van der Waals surface area contributed by atoms with Crippen LogP contribution in [0, 0.1) is 0 Å². The lowest BCUT2D eigenvalue weighted by Crippen LogP contribution is -1.98. The number of nitrogens with zero attached hydrogens (tertiary/aromatic N) is 3. The van der Waals surface area contributed by atoms with Gasteiger partial charge in [-0.1, -0.05) is 24.3 Å².